The molecule has 1 aromatic rings. The van der Waals surface area contributed by atoms with Crippen LogP contribution in [0.25, 0.3) is 0 Å². The summed E-state index contributed by atoms with van der Waals surface area (Å²) in [5.74, 6) is -0.549. The summed E-state index contributed by atoms with van der Waals surface area (Å²) in [4.78, 5) is 27.3. The van der Waals surface area contributed by atoms with E-state index in [1.165, 1.54) is 12.3 Å². The fraction of sp³-hybridized carbons (Fsp3) is 0.417. The monoisotopic (exact) mass is 284 g/mol. The number of hydrogen-bond donors (Lipinski definition) is 3. The van der Waals surface area contributed by atoms with E-state index in [-0.39, 0.29) is 28.9 Å². The molecule has 0 atom stereocenters. The van der Waals surface area contributed by atoms with Crippen LogP contribution in [0.4, 0.5) is 5.69 Å². The molecular weight excluding hydrogens is 268 g/mol. The summed E-state index contributed by atoms with van der Waals surface area (Å²) in [7, 11) is 1.55. The van der Waals surface area contributed by atoms with Crippen molar-refractivity contribution in [2.75, 3.05) is 19.3 Å². The van der Waals surface area contributed by atoms with Gasteiger partial charge in [-0.25, -0.2) is 4.98 Å². The molecule has 7 heteroatoms. The van der Waals surface area contributed by atoms with Crippen LogP contribution < -0.4 is 16.4 Å². The van der Waals surface area contributed by atoms with Crippen molar-refractivity contribution in [3.05, 3.63) is 23.0 Å². The maximum atomic E-state index is 12.0. The van der Waals surface area contributed by atoms with Gasteiger partial charge in [0.05, 0.1) is 22.9 Å². The van der Waals surface area contributed by atoms with E-state index in [1.54, 1.807) is 20.9 Å². The quantitative estimate of drug-likeness (QED) is 0.713. The molecule has 0 saturated carbocycles. The molecular formula is C12H17ClN4O2. The van der Waals surface area contributed by atoms with Crippen LogP contribution in [0.3, 0.4) is 0 Å². The molecule has 0 spiro atoms. The van der Waals surface area contributed by atoms with Gasteiger partial charge >= 0.3 is 0 Å². The number of carbonyl (C=O) groups is 2. The molecule has 0 aromatic carbocycles. The van der Waals surface area contributed by atoms with Crippen molar-refractivity contribution in [2.24, 2.45) is 5.41 Å². The minimum Gasteiger partial charge on any atom is -0.397 e. The number of aromatic nitrogens is 1. The molecule has 0 radical (unpaired) electrons. The number of rotatable bonds is 4. The van der Waals surface area contributed by atoms with E-state index in [9.17, 15) is 9.59 Å². The van der Waals surface area contributed by atoms with E-state index in [2.05, 4.69) is 15.6 Å². The molecule has 0 unspecified atom stereocenters. The van der Waals surface area contributed by atoms with Gasteiger partial charge in [0.2, 0.25) is 5.91 Å². The Labute approximate surface area is 116 Å². The predicted molar refractivity (Wildman–Crippen MR) is 73.8 cm³/mol. The Kier molecular flexibility index (Phi) is 4.72. The number of carbonyl (C=O) groups excluding carboxylic acids is 2. The van der Waals surface area contributed by atoms with Crippen molar-refractivity contribution >= 4 is 29.1 Å². The van der Waals surface area contributed by atoms with Crippen molar-refractivity contribution in [1.82, 2.24) is 15.6 Å². The number of nitrogens with zero attached hydrogens (tertiary/aromatic N) is 1. The Morgan fingerprint density at radius 2 is 2.11 bits per heavy atom. The second-order valence-corrected chi connectivity index (χ2v) is 5.13. The van der Waals surface area contributed by atoms with Crippen molar-refractivity contribution < 1.29 is 9.59 Å². The minimum atomic E-state index is -0.712. The maximum absolute atomic E-state index is 12.0. The molecule has 0 aliphatic heterocycles. The molecule has 4 N–H and O–H groups in total. The van der Waals surface area contributed by atoms with Crippen molar-refractivity contribution in [1.29, 1.82) is 0 Å². The molecule has 0 saturated heterocycles. The molecule has 0 fully saturated rings. The third-order valence-corrected chi connectivity index (χ3v) is 2.89. The molecule has 1 heterocycles. The number of halogens is 1. The summed E-state index contributed by atoms with van der Waals surface area (Å²) < 4.78 is 0. The van der Waals surface area contributed by atoms with E-state index in [1.807, 2.05) is 0 Å². The summed E-state index contributed by atoms with van der Waals surface area (Å²) in [5, 5.41) is 5.38. The first-order valence-electron chi connectivity index (χ1n) is 5.69. The van der Waals surface area contributed by atoms with E-state index in [4.69, 9.17) is 17.3 Å². The number of amides is 2. The van der Waals surface area contributed by atoms with Gasteiger partial charge in [0.25, 0.3) is 5.91 Å². The van der Waals surface area contributed by atoms with Crippen LogP contribution in [0.15, 0.2) is 12.3 Å². The highest BCUT2D eigenvalue weighted by atomic mass is 35.5. The highest BCUT2D eigenvalue weighted by Crippen LogP contribution is 2.17. The Morgan fingerprint density at radius 3 is 2.68 bits per heavy atom. The first kappa shape index (κ1) is 15.2. The third-order valence-electron chi connectivity index (χ3n) is 2.68. The van der Waals surface area contributed by atoms with Gasteiger partial charge < -0.3 is 16.4 Å². The van der Waals surface area contributed by atoms with Crippen LogP contribution in [-0.2, 0) is 4.79 Å². The second-order valence-electron chi connectivity index (χ2n) is 4.74. The predicted octanol–water partition coefficient (Wildman–Crippen LogP) is 0.819. The van der Waals surface area contributed by atoms with Crippen molar-refractivity contribution in [3.8, 4) is 0 Å². The summed E-state index contributed by atoms with van der Waals surface area (Å²) in [6.45, 7) is 3.65. The average Bonchev–Trinajstić information content (AvgIpc) is 2.37. The highest BCUT2D eigenvalue weighted by molar-refractivity contribution is 6.29. The van der Waals surface area contributed by atoms with Crippen LogP contribution in [0.1, 0.15) is 24.2 Å². The summed E-state index contributed by atoms with van der Waals surface area (Å²) in [6, 6.07) is 1.39. The van der Waals surface area contributed by atoms with E-state index in [0.717, 1.165) is 0 Å². The number of nitrogen functional groups attached to an aromatic ring is 1. The van der Waals surface area contributed by atoms with Gasteiger partial charge in [0, 0.05) is 13.6 Å². The lowest BCUT2D eigenvalue weighted by atomic mass is 9.92. The lowest BCUT2D eigenvalue weighted by Gasteiger charge is -2.22. The van der Waals surface area contributed by atoms with Crippen LogP contribution >= 0.6 is 11.6 Å². The fourth-order valence-electron chi connectivity index (χ4n) is 1.45. The lowest BCUT2D eigenvalue weighted by Crippen LogP contribution is -2.43. The molecule has 0 aliphatic carbocycles. The smallest absolute Gasteiger partial charge is 0.253 e. The number of pyridine rings is 1. The van der Waals surface area contributed by atoms with Gasteiger partial charge in [-0.15, -0.1) is 0 Å². The first-order chi connectivity index (χ1) is 8.77. The normalized spacial score (nSPS) is 10.9. The molecule has 1 aromatic heterocycles. The molecule has 19 heavy (non-hydrogen) atoms. The molecule has 6 nitrogen and oxygen atoms in total. The molecule has 0 bridgehead atoms. The second kappa shape index (κ2) is 5.88. The van der Waals surface area contributed by atoms with Crippen molar-refractivity contribution in [2.45, 2.75) is 13.8 Å². The number of hydrogen-bond acceptors (Lipinski definition) is 4. The topological polar surface area (TPSA) is 97.1 Å². The Balaban J connectivity index is 2.76. The SMILES string of the molecule is CNC(=O)C(C)(C)CNC(=O)c1cc(Cl)ncc1N. The average molecular weight is 285 g/mol. The summed E-state index contributed by atoms with van der Waals surface area (Å²) in [6.07, 6.45) is 1.32. The Hall–Kier alpha value is -1.82. The molecule has 2 amide bonds. The molecule has 0 aliphatic rings. The zero-order chi connectivity index (χ0) is 14.6. The largest absolute Gasteiger partial charge is 0.397 e. The van der Waals surface area contributed by atoms with Gasteiger partial charge in [0.15, 0.2) is 0 Å². The fourth-order valence-corrected chi connectivity index (χ4v) is 1.61. The van der Waals surface area contributed by atoms with Gasteiger partial charge in [0.1, 0.15) is 5.15 Å². The van der Waals surface area contributed by atoms with E-state index < -0.39 is 11.3 Å². The number of nitrogens with one attached hydrogen (secondary N) is 2. The van der Waals surface area contributed by atoms with Crippen LogP contribution in [-0.4, -0.2) is 30.4 Å². The van der Waals surface area contributed by atoms with Crippen LogP contribution in [0.5, 0.6) is 0 Å². The first-order valence-corrected chi connectivity index (χ1v) is 6.07. The van der Waals surface area contributed by atoms with Crippen LogP contribution in [0.2, 0.25) is 5.15 Å². The number of nitrogens with two attached hydrogens (primary N) is 1. The van der Waals surface area contributed by atoms with Gasteiger partial charge in [-0.2, -0.15) is 0 Å². The van der Waals surface area contributed by atoms with Crippen LogP contribution in [0, 0.1) is 5.41 Å². The third kappa shape index (κ3) is 3.82. The zero-order valence-corrected chi connectivity index (χ0v) is 11.8. The lowest BCUT2D eigenvalue weighted by molar-refractivity contribution is -0.128. The van der Waals surface area contributed by atoms with E-state index >= 15 is 0 Å². The summed E-state index contributed by atoms with van der Waals surface area (Å²) in [5.41, 5.74) is 5.42. The standard InChI is InChI=1S/C12H17ClN4O2/c1-12(2,11(19)15-3)6-17-10(18)7-4-9(13)16-5-8(7)14/h4-5H,6,14H2,1-3H3,(H,15,19)(H,17,18). The van der Waals surface area contributed by atoms with Gasteiger partial charge in [-0.1, -0.05) is 11.6 Å². The molecule has 104 valence electrons. The van der Waals surface area contributed by atoms with Crippen molar-refractivity contribution in [3.63, 3.8) is 0 Å². The minimum absolute atomic E-state index is 0.159. The highest BCUT2D eigenvalue weighted by Gasteiger charge is 2.27. The Bertz CT molecular complexity index is 503. The maximum Gasteiger partial charge on any atom is 0.253 e. The van der Waals surface area contributed by atoms with Gasteiger partial charge in [-0.05, 0) is 19.9 Å². The Morgan fingerprint density at radius 1 is 1.47 bits per heavy atom. The summed E-state index contributed by atoms with van der Waals surface area (Å²) >= 11 is 5.71. The molecule has 1 rings (SSSR count). The zero-order valence-electron chi connectivity index (χ0n) is 11.1. The van der Waals surface area contributed by atoms with Gasteiger partial charge in [-0.3, -0.25) is 9.59 Å². The van der Waals surface area contributed by atoms with E-state index in [0.29, 0.717) is 0 Å². The number of anilines is 1.